The van der Waals surface area contributed by atoms with E-state index in [1.54, 1.807) is 6.07 Å². The molecule has 2 aliphatic rings. The van der Waals surface area contributed by atoms with Gasteiger partial charge in [0.1, 0.15) is 0 Å². The number of hydrogen-bond acceptors (Lipinski definition) is 4. The Balaban J connectivity index is 1.43. The highest BCUT2D eigenvalue weighted by molar-refractivity contribution is 5.95. The molecule has 1 aromatic rings. The lowest BCUT2D eigenvalue weighted by atomic mass is 9.89. The minimum Gasteiger partial charge on any atom is -0.355 e. The van der Waals surface area contributed by atoms with E-state index in [-0.39, 0.29) is 30.1 Å². The van der Waals surface area contributed by atoms with Gasteiger partial charge >= 0.3 is 0 Å². The Morgan fingerprint density at radius 3 is 2.39 bits per heavy atom. The van der Waals surface area contributed by atoms with Crippen LogP contribution in [0.5, 0.6) is 0 Å². The summed E-state index contributed by atoms with van der Waals surface area (Å²) in [6.45, 7) is 4.62. The number of aryl methyl sites for hydroxylation is 1. The van der Waals surface area contributed by atoms with Crippen LogP contribution >= 0.6 is 0 Å². The molecule has 0 bridgehead atoms. The van der Waals surface area contributed by atoms with Crippen LogP contribution in [-0.4, -0.2) is 48.8 Å². The van der Waals surface area contributed by atoms with Gasteiger partial charge in [0.25, 0.3) is 0 Å². The van der Waals surface area contributed by atoms with Crippen LogP contribution in [0.2, 0.25) is 0 Å². The number of likely N-dealkylation sites (tertiary alicyclic amines) is 1. The summed E-state index contributed by atoms with van der Waals surface area (Å²) in [7, 11) is 0. The van der Waals surface area contributed by atoms with Crippen LogP contribution in [-0.2, 0) is 14.4 Å². The Bertz CT molecular complexity index is 768. The Labute approximate surface area is 185 Å². The summed E-state index contributed by atoms with van der Waals surface area (Å²) < 4.78 is 0. The maximum atomic E-state index is 12.4. The molecule has 1 heterocycles. The van der Waals surface area contributed by atoms with E-state index < -0.39 is 0 Å². The molecule has 0 unspecified atom stereocenters. The molecule has 0 aromatic heterocycles. The molecule has 2 fully saturated rings. The second kappa shape index (κ2) is 11.8. The largest absolute Gasteiger partial charge is 0.355 e. The number of hydrogen-bond donors (Lipinski definition) is 3. The molecule has 3 N–H and O–H groups in total. The molecule has 1 saturated heterocycles. The van der Waals surface area contributed by atoms with E-state index in [0.29, 0.717) is 24.5 Å². The van der Waals surface area contributed by atoms with Crippen molar-refractivity contribution >= 4 is 29.1 Å². The Hall–Kier alpha value is -2.41. The molecule has 1 aliphatic carbocycles. The highest BCUT2D eigenvalue weighted by atomic mass is 16.2. The fourth-order valence-electron chi connectivity index (χ4n) is 4.38. The molecular formula is C24H36N4O3. The monoisotopic (exact) mass is 428 g/mol. The number of benzene rings is 1. The second-order valence-corrected chi connectivity index (χ2v) is 8.84. The zero-order chi connectivity index (χ0) is 22.1. The number of carbonyl (C=O) groups excluding carboxylic acids is 3. The van der Waals surface area contributed by atoms with Crippen molar-refractivity contribution in [2.75, 3.05) is 36.8 Å². The standard InChI is InChI=1S/C24H36N4O3/c1-18-10-11-20(16-21(18)27-23(30)17-28-14-6-3-7-15-28)26-22(29)12-13-25-24(31)19-8-4-2-5-9-19/h10-11,16,19H,2-9,12-15,17H2,1H3,(H,25,31)(H,26,29)(H,27,30). The summed E-state index contributed by atoms with van der Waals surface area (Å²) >= 11 is 0. The zero-order valence-corrected chi connectivity index (χ0v) is 18.7. The molecule has 1 aliphatic heterocycles. The molecule has 7 heteroatoms. The van der Waals surface area contributed by atoms with Crippen molar-refractivity contribution in [2.45, 2.75) is 64.7 Å². The molecule has 3 amide bonds. The van der Waals surface area contributed by atoms with Crippen LogP contribution in [0.4, 0.5) is 11.4 Å². The van der Waals surface area contributed by atoms with Gasteiger partial charge in [0.15, 0.2) is 0 Å². The maximum Gasteiger partial charge on any atom is 0.238 e. The van der Waals surface area contributed by atoms with Gasteiger partial charge in [-0.2, -0.15) is 0 Å². The molecule has 170 valence electrons. The zero-order valence-electron chi connectivity index (χ0n) is 18.7. The number of rotatable bonds is 8. The summed E-state index contributed by atoms with van der Waals surface area (Å²) in [5.41, 5.74) is 2.30. The van der Waals surface area contributed by atoms with Gasteiger partial charge < -0.3 is 16.0 Å². The van der Waals surface area contributed by atoms with Crippen LogP contribution in [0.1, 0.15) is 63.4 Å². The first-order valence-corrected chi connectivity index (χ1v) is 11.7. The van der Waals surface area contributed by atoms with Crippen LogP contribution in [0.25, 0.3) is 0 Å². The Morgan fingerprint density at radius 2 is 1.65 bits per heavy atom. The summed E-state index contributed by atoms with van der Waals surface area (Å²) in [5, 5.41) is 8.74. The number of anilines is 2. The minimum atomic E-state index is -0.154. The van der Waals surface area contributed by atoms with Gasteiger partial charge in [-0.25, -0.2) is 0 Å². The lowest BCUT2D eigenvalue weighted by Crippen LogP contribution is -2.36. The molecule has 0 atom stereocenters. The van der Waals surface area contributed by atoms with E-state index in [2.05, 4.69) is 20.9 Å². The van der Waals surface area contributed by atoms with E-state index in [1.807, 2.05) is 19.1 Å². The average Bonchev–Trinajstić information content (AvgIpc) is 2.77. The topological polar surface area (TPSA) is 90.5 Å². The minimum absolute atomic E-state index is 0.0288. The third kappa shape index (κ3) is 7.65. The Morgan fingerprint density at radius 1 is 0.935 bits per heavy atom. The smallest absolute Gasteiger partial charge is 0.238 e. The van der Waals surface area contributed by atoms with Gasteiger partial charge in [0.05, 0.1) is 6.54 Å². The summed E-state index contributed by atoms with van der Waals surface area (Å²) in [6, 6.07) is 5.51. The van der Waals surface area contributed by atoms with E-state index in [0.717, 1.165) is 57.2 Å². The molecule has 0 spiro atoms. The van der Waals surface area contributed by atoms with Crippen molar-refractivity contribution in [1.29, 1.82) is 0 Å². The van der Waals surface area contributed by atoms with E-state index in [1.165, 1.54) is 12.8 Å². The maximum absolute atomic E-state index is 12.4. The quantitative estimate of drug-likeness (QED) is 0.592. The number of nitrogens with one attached hydrogen (secondary N) is 3. The van der Waals surface area contributed by atoms with Gasteiger partial charge in [-0.15, -0.1) is 0 Å². The SMILES string of the molecule is Cc1ccc(NC(=O)CCNC(=O)C2CCCCC2)cc1NC(=O)CN1CCCCC1. The van der Waals surface area contributed by atoms with Gasteiger partial charge in [-0.05, 0) is 63.4 Å². The first-order chi connectivity index (χ1) is 15.0. The predicted molar refractivity (Wildman–Crippen MR) is 123 cm³/mol. The normalized spacial score (nSPS) is 17.7. The van der Waals surface area contributed by atoms with Crippen molar-refractivity contribution in [2.24, 2.45) is 5.92 Å². The third-order valence-electron chi connectivity index (χ3n) is 6.24. The van der Waals surface area contributed by atoms with Crippen LogP contribution in [0.15, 0.2) is 18.2 Å². The second-order valence-electron chi connectivity index (χ2n) is 8.84. The van der Waals surface area contributed by atoms with Gasteiger partial charge in [0, 0.05) is 30.3 Å². The molecular weight excluding hydrogens is 392 g/mol. The molecule has 0 radical (unpaired) electrons. The van der Waals surface area contributed by atoms with E-state index in [9.17, 15) is 14.4 Å². The van der Waals surface area contributed by atoms with Crippen LogP contribution in [0, 0.1) is 12.8 Å². The summed E-state index contributed by atoms with van der Waals surface area (Å²) in [5.74, 6) is -0.0103. The molecule has 31 heavy (non-hydrogen) atoms. The van der Waals surface area contributed by atoms with Gasteiger partial charge in [-0.1, -0.05) is 31.7 Å². The van der Waals surface area contributed by atoms with E-state index >= 15 is 0 Å². The van der Waals surface area contributed by atoms with Crippen molar-refractivity contribution in [1.82, 2.24) is 10.2 Å². The number of amides is 3. The van der Waals surface area contributed by atoms with Crippen LogP contribution in [0.3, 0.4) is 0 Å². The first-order valence-electron chi connectivity index (χ1n) is 11.7. The lowest BCUT2D eigenvalue weighted by molar-refractivity contribution is -0.126. The first kappa shape index (κ1) is 23.3. The van der Waals surface area contributed by atoms with E-state index in [4.69, 9.17) is 0 Å². The fraction of sp³-hybridized carbons (Fsp3) is 0.625. The van der Waals surface area contributed by atoms with Crippen LogP contribution < -0.4 is 16.0 Å². The highest BCUT2D eigenvalue weighted by Gasteiger charge is 2.20. The van der Waals surface area contributed by atoms with Crippen molar-refractivity contribution in [3.63, 3.8) is 0 Å². The number of nitrogens with zero attached hydrogens (tertiary/aromatic N) is 1. The highest BCUT2D eigenvalue weighted by Crippen LogP contribution is 2.23. The fourth-order valence-corrected chi connectivity index (χ4v) is 4.38. The predicted octanol–water partition coefficient (Wildman–Crippen LogP) is 3.44. The number of piperidine rings is 1. The summed E-state index contributed by atoms with van der Waals surface area (Å²) in [4.78, 5) is 39.1. The third-order valence-corrected chi connectivity index (χ3v) is 6.24. The van der Waals surface area contributed by atoms with Gasteiger partial charge in [0.2, 0.25) is 17.7 Å². The van der Waals surface area contributed by atoms with Crippen molar-refractivity contribution in [3.05, 3.63) is 23.8 Å². The number of carbonyl (C=O) groups is 3. The molecule has 7 nitrogen and oxygen atoms in total. The van der Waals surface area contributed by atoms with Gasteiger partial charge in [-0.3, -0.25) is 19.3 Å². The lowest BCUT2D eigenvalue weighted by Gasteiger charge is -2.25. The average molecular weight is 429 g/mol. The van der Waals surface area contributed by atoms with Crippen molar-refractivity contribution in [3.8, 4) is 0 Å². The molecule has 1 aromatic carbocycles. The van der Waals surface area contributed by atoms with Crippen molar-refractivity contribution < 1.29 is 14.4 Å². The Kier molecular flexibility index (Phi) is 8.88. The summed E-state index contributed by atoms with van der Waals surface area (Å²) in [6.07, 6.45) is 9.10. The molecule has 3 rings (SSSR count). The molecule has 1 saturated carbocycles.